The Balaban J connectivity index is 2.18. The Hall–Kier alpha value is -1.90. The van der Waals surface area contributed by atoms with Crippen molar-refractivity contribution in [2.75, 3.05) is 12.4 Å². The Morgan fingerprint density at radius 2 is 2.10 bits per heavy atom. The first-order chi connectivity index (χ1) is 9.40. The zero-order valence-electron chi connectivity index (χ0n) is 10.5. The first-order valence-electron chi connectivity index (χ1n) is 5.47. The van der Waals surface area contributed by atoms with E-state index in [1.807, 2.05) is 0 Å². The zero-order chi connectivity index (χ0) is 14.8. The van der Waals surface area contributed by atoms with Crippen LogP contribution < -0.4 is 15.2 Å². The molecule has 0 spiro atoms. The number of ether oxygens (including phenoxy) is 1. The zero-order valence-corrected chi connectivity index (χ0v) is 12.1. The third-order valence-electron chi connectivity index (χ3n) is 2.45. The molecule has 0 aliphatic rings. The second-order valence-electron chi connectivity index (χ2n) is 3.89. The minimum absolute atomic E-state index is 0.0479. The normalized spacial score (nSPS) is 11.1. The molecule has 0 bridgehead atoms. The molecule has 0 aliphatic heterocycles. The number of carbonyl (C=O) groups excluding carboxylic acids is 1. The molecule has 1 aromatic carbocycles. The number of nitrogens with one attached hydrogen (secondary N) is 1. The molecule has 106 valence electrons. The van der Waals surface area contributed by atoms with Gasteiger partial charge in [0.25, 0.3) is 5.91 Å². The van der Waals surface area contributed by atoms with Gasteiger partial charge in [0, 0.05) is 17.1 Å². The fourth-order valence-corrected chi connectivity index (χ4v) is 3.07. The Labute approximate surface area is 120 Å². The molecule has 2 rings (SSSR count). The van der Waals surface area contributed by atoms with Gasteiger partial charge in [0.1, 0.15) is 9.96 Å². The number of thiophene rings is 1. The maximum absolute atomic E-state index is 12.0. The van der Waals surface area contributed by atoms with Gasteiger partial charge in [-0.3, -0.25) is 4.79 Å². The van der Waals surface area contributed by atoms with Crippen LogP contribution in [0.3, 0.4) is 0 Å². The van der Waals surface area contributed by atoms with Crippen LogP contribution in [0.2, 0.25) is 0 Å². The van der Waals surface area contributed by atoms with Crippen LogP contribution in [0.15, 0.2) is 39.9 Å². The van der Waals surface area contributed by atoms with Gasteiger partial charge >= 0.3 is 0 Å². The van der Waals surface area contributed by atoms with Crippen LogP contribution in [0.25, 0.3) is 0 Å². The number of carbonyl (C=O) groups is 1. The van der Waals surface area contributed by atoms with Gasteiger partial charge in [-0.05, 0) is 18.2 Å². The topological polar surface area (TPSA) is 98.5 Å². The van der Waals surface area contributed by atoms with Crippen LogP contribution >= 0.6 is 11.3 Å². The van der Waals surface area contributed by atoms with E-state index in [9.17, 15) is 13.2 Å². The largest absolute Gasteiger partial charge is 0.497 e. The Bertz CT molecular complexity index is 737. The number of hydrogen-bond acceptors (Lipinski definition) is 5. The molecule has 0 unspecified atom stereocenters. The van der Waals surface area contributed by atoms with Gasteiger partial charge in [-0.1, -0.05) is 6.07 Å². The van der Waals surface area contributed by atoms with E-state index < -0.39 is 15.9 Å². The van der Waals surface area contributed by atoms with Gasteiger partial charge in [0.15, 0.2) is 0 Å². The molecule has 20 heavy (non-hydrogen) atoms. The van der Waals surface area contributed by atoms with E-state index in [-0.39, 0.29) is 9.77 Å². The molecule has 0 fully saturated rings. The van der Waals surface area contributed by atoms with E-state index in [1.54, 1.807) is 24.3 Å². The Kier molecular flexibility index (Phi) is 4.07. The molecule has 0 saturated heterocycles. The van der Waals surface area contributed by atoms with Crippen LogP contribution in [-0.4, -0.2) is 21.4 Å². The highest BCUT2D eigenvalue weighted by molar-refractivity contribution is 7.91. The highest BCUT2D eigenvalue weighted by Crippen LogP contribution is 2.21. The lowest BCUT2D eigenvalue weighted by atomic mass is 10.2. The fraction of sp³-hybridized carbons (Fsp3) is 0.0833. The van der Waals surface area contributed by atoms with Crippen molar-refractivity contribution in [1.82, 2.24) is 0 Å². The van der Waals surface area contributed by atoms with Gasteiger partial charge < -0.3 is 10.1 Å². The summed E-state index contributed by atoms with van der Waals surface area (Å²) in [5.74, 6) is 0.197. The lowest BCUT2D eigenvalue weighted by molar-refractivity contribution is 0.102. The summed E-state index contributed by atoms with van der Waals surface area (Å²) in [5, 5.41) is 9.08. The average molecular weight is 312 g/mol. The van der Waals surface area contributed by atoms with Crippen LogP contribution in [0.4, 0.5) is 5.69 Å². The van der Waals surface area contributed by atoms with Crippen molar-refractivity contribution in [3.05, 3.63) is 41.3 Å². The summed E-state index contributed by atoms with van der Waals surface area (Å²) in [4.78, 5) is 12.0. The van der Waals surface area contributed by atoms with Crippen molar-refractivity contribution in [1.29, 1.82) is 0 Å². The molecule has 3 N–H and O–H groups in total. The van der Waals surface area contributed by atoms with E-state index >= 15 is 0 Å². The van der Waals surface area contributed by atoms with E-state index in [0.717, 1.165) is 11.3 Å². The molecule has 1 heterocycles. The lowest BCUT2D eigenvalue weighted by Crippen LogP contribution is -2.12. The number of sulfonamides is 1. The summed E-state index contributed by atoms with van der Waals surface area (Å²) in [7, 11) is -2.25. The van der Waals surface area contributed by atoms with Crippen molar-refractivity contribution in [2.45, 2.75) is 4.21 Å². The SMILES string of the molecule is COc1cccc(NC(=O)c2csc(S(N)(=O)=O)c2)c1. The van der Waals surface area contributed by atoms with Crippen molar-refractivity contribution >= 4 is 33.0 Å². The van der Waals surface area contributed by atoms with E-state index in [4.69, 9.17) is 9.88 Å². The number of methoxy groups -OCH3 is 1. The number of anilines is 1. The summed E-state index contributed by atoms with van der Waals surface area (Å²) in [6.45, 7) is 0. The molecule has 0 saturated carbocycles. The minimum Gasteiger partial charge on any atom is -0.497 e. The number of rotatable bonds is 4. The predicted molar refractivity (Wildman–Crippen MR) is 76.6 cm³/mol. The molecular weight excluding hydrogens is 300 g/mol. The third kappa shape index (κ3) is 3.35. The maximum Gasteiger partial charge on any atom is 0.256 e. The Morgan fingerprint density at radius 1 is 1.35 bits per heavy atom. The number of primary sulfonamides is 1. The standard InChI is InChI=1S/C12H12N2O4S2/c1-18-10-4-2-3-9(6-10)14-12(15)8-5-11(19-7-8)20(13,16)17/h2-7H,1H3,(H,14,15)(H2,13,16,17). The number of amides is 1. The summed E-state index contributed by atoms with van der Waals surface area (Å²) >= 11 is 0.905. The quantitative estimate of drug-likeness (QED) is 0.897. The van der Waals surface area contributed by atoms with Gasteiger partial charge in [-0.15, -0.1) is 11.3 Å². The molecule has 0 radical (unpaired) electrons. The third-order valence-corrected chi connectivity index (χ3v) is 4.83. The first kappa shape index (κ1) is 14.5. The molecule has 6 nitrogen and oxygen atoms in total. The minimum atomic E-state index is -3.78. The van der Waals surface area contributed by atoms with E-state index in [0.29, 0.717) is 11.4 Å². The second-order valence-corrected chi connectivity index (χ2v) is 6.59. The highest BCUT2D eigenvalue weighted by atomic mass is 32.2. The van der Waals surface area contributed by atoms with Gasteiger partial charge in [-0.25, -0.2) is 13.6 Å². The van der Waals surface area contributed by atoms with Crippen LogP contribution in [0, 0.1) is 0 Å². The van der Waals surface area contributed by atoms with Crippen molar-refractivity contribution in [2.24, 2.45) is 5.14 Å². The Morgan fingerprint density at radius 3 is 2.70 bits per heavy atom. The van der Waals surface area contributed by atoms with E-state index in [2.05, 4.69) is 5.32 Å². The highest BCUT2D eigenvalue weighted by Gasteiger charge is 2.15. The number of hydrogen-bond donors (Lipinski definition) is 2. The smallest absolute Gasteiger partial charge is 0.256 e. The maximum atomic E-state index is 12.0. The van der Waals surface area contributed by atoms with E-state index in [1.165, 1.54) is 18.6 Å². The molecular formula is C12H12N2O4S2. The average Bonchev–Trinajstić information content (AvgIpc) is 2.88. The van der Waals surface area contributed by atoms with Gasteiger partial charge in [0.05, 0.1) is 12.7 Å². The monoisotopic (exact) mass is 312 g/mol. The van der Waals surface area contributed by atoms with Gasteiger partial charge in [0.2, 0.25) is 10.0 Å². The van der Waals surface area contributed by atoms with Crippen LogP contribution in [0.5, 0.6) is 5.75 Å². The lowest BCUT2D eigenvalue weighted by Gasteiger charge is -2.05. The summed E-state index contributed by atoms with van der Waals surface area (Å²) in [6.07, 6.45) is 0. The van der Waals surface area contributed by atoms with Crippen molar-refractivity contribution in [3.63, 3.8) is 0 Å². The van der Waals surface area contributed by atoms with Crippen LogP contribution in [-0.2, 0) is 10.0 Å². The molecule has 1 aromatic heterocycles. The van der Waals surface area contributed by atoms with Crippen LogP contribution in [0.1, 0.15) is 10.4 Å². The molecule has 2 aromatic rings. The number of nitrogens with two attached hydrogens (primary N) is 1. The molecule has 0 atom stereocenters. The van der Waals surface area contributed by atoms with Crippen molar-refractivity contribution < 1.29 is 17.9 Å². The second kappa shape index (κ2) is 5.61. The predicted octanol–water partition coefficient (Wildman–Crippen LogP) is 1.66. The number of benzene rings is 1. The summed E-state index contributed by atoms with van der Waals surface area (Å²) in [5.41, 5.74) is 0.791. The van der Waals surface area contributed by atoms with Crippen molar-refractivity contribution in [3.8, 4) is 5.75 Å². The van der Waals surface area contributed by atoms with Gasteiger partial charge in [-0.2, -0.15) is 0 Å². The summed E-state index contributed by atoms with van der Waals surface area (Å²) < 4.78 is 27.3. The first-order valence-corrected chi connectivity index (χ1v) is 7.89. The molecule has 1 amide bonds. The summed E-state index contributed by atoms with van der Waals surface area (Å²) in [6, 6.07) is 8.09. The fourth-order valence-electron chi connectivity index (χ4n) is 1.49. The molecule has 0 aliphatic carbocycles. The molecule has 8 heteroatoms.